The van der Waals surface area contributed by atoms with Crippen LogP contribution >= 0.6 is 11.8 Å². The average Bonchev–Trinajstić information content (AvgIpc) is 2.80. The summed E-state index contributed by atoms with van der Waals surface area (Å²) in [7, 11) is 0. The maximum absolute atomic E-state index is 11.7. The number of carbonyl (C=O) groups is 1. The van der Waals surface area contributed by atoms with Crippen molar-refractivity contribution >= 4 is 22.6 Å². The Morgan fingerprint density at radius 1 is 1.33 bits per heavy atom. The molecule has 2 rings (SSSR count). The molecule has 0 unspecified atom stereocenters. The van der Waals surface area contributed by atoms with Gasteiger partial charge in [0, 0.05) is 12.1 Å². The molecule has 0 fully saturated rings. The Morgan fingerprint density at radius 2 is 2.13 bits per heavy atom. The van der Waals surface area contributed by atoms with Gasteiger partial charge >= 0.3 is 0 Å². The molecule has 78 valence electrons. The van der Waals surface area contributed by atoms with Crippen LogP contribution in [0.15, 0.2) is 35.3 Å². The Kier molecular flexibility index (Phi) is 3.56. The number of carbonyl (C=O) groups excluding carboxylic acids is 1. The topological polar surface area (TPSA) is 29.4 Å². The lowest BCUT2D eigenvalue weighted by Gasteiger charge is -2.00. The van der Waals surface area contributed by atoms with E-state index in [0.717, 1.165) is 30.0 Å². The lowest BCUT2D eigenvalue weighted by atomic mass is 10.2. The zero-order valence-corrected chi connectivity index (χ0v) is 9.30. The van der Waals surface area contributed by atoms with Crippen molar-refractivity contribution in [1.29, 1.82) is 0 Å². The highest BCUT2D eigenvalue weighted by molar-refractivity contribution is 8.14. The van der Waals surface area contributed by atoms with Gasteiger partial charge in [0.1, 0.15) is 0 Å². The van der Waals surface area contributed by atoms with Crippen LogP contribution < -0.4 is 0 Å². The molecule has 0 aliphatic carbocycles. The molecule has 0 radical (unpaired) electrons. The van der Waals surface area contributed by atoms with Gasteiger partial charge in [-0.05, 0) is 12.8 Å². The summed E-state index contributed by atoms with van der Waals surface area (Å²) in [5.74, 6) is 0.707. The minimum Gasteiger partial charge on any atom is -0.293 e. The summed E-state index contributed by atoms with van der Waals surface area (Å²) in [6, 6.07) is 9.43. The minimum absolute atomic E-state index is 0.190. The highest BCUT2D eigenvalue weighted by Crippen LogP contribution is 2.17. The standard InChI is InChI=1S/C12H13NOS/c14-11(10-5-2-1-3-6-10)9-15-12-7-4-8-13-12/h1-3,5-6H,4,7-9H2. The van der Waals surface area contributed by atoms with Crippen LogP contribution in [0.5, 0.6) is 0 Å². The SMILES string of the molecule is O=C(CSC1=NCCC1)c1ccccc1. The minimum atomic E-state index is 0.190. The normalized spacial score (nSPS) is 15.1. The average molecular weight is 219 g/mol. The molecule has 0 atom stereocenters. The van der Waals surface area contributed by atoms with E-state index < -0.39 is 0 Å². The van der Waals surface area contributed by atoms with Crippen molar-refractivity contribution in [3.63, 3.8) is 0 Å². The molecule has 0 saturated carbocycles. The van der Waals surface area contributed by atoms with Crippen LogP contribution in [0.3, 0.4) is 0 Å². The zero-order chi connectivity index (χ0) is 10.5. The van der Waals surface area contributed by atoms with Crippen molar-refractivity contribution in [2.45, 2.75) is 12.8 Å². The largest absolute Gasteiger partial charge is 0.293 e. The summed E-state index contributed by atoms with van der Waals surface area (Å²) in [5, 5.41) is 1.14. The van der Waals surface area contributed by atoms with E-state index in [2.05, 4.69) is 4.99 Å². The Hall–Kier alpha value is -1.09. The number of aliphatic imine (C=N–C) groups is 1. The third-order valence-corrected chi connectivity index (χ3v) is 3.38. The molecule has 2 nitrogen and oxygen atoms in total. The van der Waals surface area contributed by atoms with Gasteiger partial charge in [-0.1, -0.05) is 30.3 Å². The Bertz CT molecular complexity index is 372. The van der Waals surface area contributed by atoms with E-state index in [1.165, 1.54) is 0 Å². The fraction of sp³-hybridized carbons (Fsp3) is 0.333. The number of ketones is 1. The van der Waals surface area contributed by atoms with Crippen molar-refractivity contribution in [2.24, 2.45) is 4.99 Å². The molecule has 0 bridgehead atoms. The van der Waals surface area contributed by atoms with Gasteiger partial charge in [0.05, 0.1) is 10.8 Å². The molecule has 1 heterocycles. The van der Waals surface area contributed by atoms with Crippen LogP contribution in [0.2, 0.25) is 0 Å². The van der Waals surface area contributed by atoms with Crippen molar-refractivity contribution in [1.82, 2.24) is 0 Å². The molecule has 3 heteroatoms. The zero-order valence-electron chi connectivity index (χ0n) is 8.48. The van der Waals surface area contributed by atoms with Crippen molar-refractivity contribution in [3.8, 4) is 0 Å². The van der Waals surface area contributed by atoms with Gasteiger partial charge in [0.15, 0.2) is 5.78 Å². The number of thioether (sulfide) groups is 1. The van der Waals surface area contributed by atoms with E-state index in [1.54, 1.807) is 11.8 Å². The summed E-state index contributed by atoms with van der Waals surface area (Å²) in [6.45, 7) is 0.932. The number of Topliss-reactive ketones (excluding diaryl/α,β-unsaturated/α-hetero) is 1. The van der Waals surface area contributed by atoms with Crippen LogP contribution in [0.4, 0.5) is 0 Å². The Balaban J connectivity index is 1.87. The van der Waals surface area contributed by atoms with Crippen molar-refractivity contribution < 1.29 is 4.79 Å². The summed E-state index contributed by atoms with van der Waals surface area (Å²) < 4.78 is 0. The van der Waals surface area contributed by atoms with Crippen LogP contribution in [0.25, 0.3) is 0 Å². The monoisotopic (exact) mass is 219 g/mol. The molecule has 1 aliphatic rings. The van der Waals surface area contributed by atoms with E-state index >= 15 is 0 Å². The summed E-state index contributed by atoms with van der Waals surface area (Å²) in [6.07, 6.45) is 2.19. The molecule has 15 heavy (non-hydrogen) atoms. The predicted octanol–water partition coefficient (Wildman–Crippen LogP) is 2.79. The van der Waals surface area contributed by atoms with Gasteiger partial charge in [-0.25, -0.2) is 0 Å². The summed E-state index contributed by atoms with van der Waals surface area (Å²) >= 11 is 1.59. The number of benzene rings is 1. The van der Waals surface area contributed by atoms with Crippen LogP contribution in [-0.4, -0.2) is 23.1 Å². The number of nitrogens with zero attached hydrogens (tertiary/aromatic N) is 1. The summed E-state index contributed by atoms with van der Waals surface area (Å²) in [5.41, 5.74) is 0.795. The molecule has 0 amide bonds. The lowest BCUT2D eigenvalue weighted by Crippen LogP contribution is -2.03. The second-order valence-corrected chi connectivity index (χ2v) is 4.51. The molecular weight excluding hydrogens is 206 g/mol. The Labute approximate surface area is 93.8 Å². The first-order valence-electron chi connectivity index (χ1n) is 5.10. The number of rotatable bonds is 3. The predicted molar refractivity (Wildman–Crippen MR) is 64.8 cm³/mol. The van der Waals surface area contributed by atoms with Gasteiger partial charge in [0.2, 0.25) is 0 Å². The highest BCUT2D eigenvalue weighted by Gasteiger charge is 2.10. The first-order chi connectivity index (χ1) is 7.36. The molecule has 0 N–H and O–H groups in total. The molecule has 1 aliphatic heterocycles. The molecule has 0 spiro atoms. The van der Waals surface area contributed by atoms with Gasteiger partial charge in [-0.15, -0.1) is 11.8 Å². The quantitative estimate of drug-likeness (QED) is 0.731. The van der Waals surface area contributed by atoms with E-state index in [9.17, 15) is 4.79 Å². The third kappa shape index (κ3) is 2.93. The maximum Gasteiger partial charge on any atom is 0.173 e. The highest BCUT2D eigenvalue weighted by atomic mass is 32.2. The fourth-order valence-electron chi connectivity index (χ4n) is 1.49. The molecular formula is C12H13NOS. The second kappa shape index (κ2) is 5.12. The second-order valence-electron chi connectivity index (χ2n) is 3.46. The smallest absolute Gasteiger partial charge is 0.173 e. The van der Waals surface area contributed by atoms with Crippen molar-refractivity contribution in [2.75, 3.05) is 12.3 Å². The van der Waals surface area contributed by atoms with E-state index in [4.69, 9.17) is 0 Å². The van der Waals surface area contributed by atoms with Crippen LogP contribution in [-0.2, 0) is 0 Å². The molecule has 0 aromatic heterocycles. The van der Waals surface area contributed by atoms with Gasteiger partial charge in [-0.3, -0.25) is 9.79 Å². The number of hydrogen-bond donors (Lipinski definition) is 0. The van der Waals surface area contributed by atoms with Crippen molar-refractivity contribution in [3.05, 3.63) is 35.9 Å². The van der Waals surface area contributed by atoms with Gasteiger partial charge in [-0.2, -0.15) is 0 Å². The van der Waals surface area contributed by atoms with Gasteiger partial charge in [0.25, 0.3) is 0 Å². The first-order valence-corrected chi connectivity index (χ1v) is 6.09. The number of hydrogen-bond acceptors (Lipinski definition) is 3. The van der Waals surface area contributed by atoms with E-state index in [0.29, 0.717) is 5.75 Å². The lowest BCUT2D eigenvalue weighted by molar-refractivity contribution is 0.102. The van der Waals surface area contributed by atoms with Crippen LogP contribution in [0, 0.1) is 0 Å². The maximum atomic E-state index is 11.7. The summed E-state index contributed by atoms with van der Waals surface area (Å²) in [4.78, 5) is 16.1. The van der Waals surface area contributed by atoms with E-state index in [-0.39, 0.29) is 5.78 Å². The van der Waals surface area contributed by atoms with E-state index in [1.807, 2.05) is 30.3 Å². The molecule has 0 saturated heterocycles. The van der Waals surface area contributed by atoms with Crippen LogP contribution in [0.1, 0.15) is 23.2 Å². The molecule has 1 aromatic carbocycles. The fourth-order valence-corrected chi connectivity index (χ4v) is 2.42. The van der Waals surface area contributed by atoms with Gasteiger partial charge < -0.3 is 0 Å². The first kappa shape index (κ1) is 10.4. The third-order valence-electron chi connectivity index (χ3n) is 2.30. The molecule has 1 aromatic rings. The Morgan fingerprint density at radius 3 is 2.80 bits per heavy atom.